The van der Waals surface area contributed by atoms with Crippen molar-refractivity contribution >= 4 is 21.9 Å². The number of phenols is 1. The van der Waals surface area contributed by atoms with Crippen molar-refractivity contribution in [1.29, 1.82) is 0 Å². The molecular weight excluding hydrogens is 298 g/mol. The summed E-state index contributed by atoms with van der Waals surface area (Å²) >= 11 is 3.31. The van der Waals surface area contributed by atoms with Crippen LogP contribution >= 0.6 is 15.9 Å². The van der Waals surface area contributed by atoms with Crippen molar-refractivity contribution in [3.05, 3.63) is 27.2 Å². The lowest BCUT2D eigenvalue weighted by Gasteiger charge is -2.22. The summed E-state index contributed by atoms with van der Waals surface area (Å²) in [7, 11) is 0. The number of carboxylic acid groups (broad SMARTS) is 1. The molecular formula is C13H16BrNO3. The van der Waals surface area contributed by atoms with Crippen molar-refractivity contribution in [2.24, 2.45) is 5.73 Å². The second-order valence-corrected chi connectivity index (χ2v) is 5.53. The number of nitrogens with two attached hydrogens (primary N) is 1. The Morgan fingerprint density at radius 1 is 1.44 bits per heavy atom. The zero-order valence-electron chi connectivity index (χ0n) is 9.95. The summed E-state index contributed by atoms with van der Waals surface area (Å²) < 4.78 is 0.621. The lowest BCUT2D eigenvalue weighted by atomic mass is 9.86. The number of aromatic hydroxyl groups is 1. The first-order valence-corrected chi connectivity index (χ1v) is 6.80. The number of aryl methyl sites for hydroxylation is 1. The first kappa shape index (κ1) is 13.4. The third-order valence-corrected chi connectivity index (χ3v) is 4.03. The molecule has 1 aromatic carbocycles. The van der Waals surface area contributed by atoms with Crippen LogP contribution in [-0.4, -0.2) is 22.2 Å². The highest BCUT2D eigenvalue weighted by molar-refractivity contribution is 9.10. The van der Waals surface area contributed by atoms with Crippen molar-refractivity contribution in [1.82, 2.24) is 0 Å². The molecule has 2 rings (SSSR count). The van der Waals surface area contributed by atoms with Gasteiger partial charge in [-0.2, -0.15) is 0 Å². The molecule has 4 nitrogen and oxygen atoms in total. The van der Waals surface area contributed by atoms with Gasteiger partial charge in [0, 0.05) is 12.0 Å². The SMILES string of the molecule is NC(Cc1c(O)c(Br)cc2c1CCCC2)C(=O)O. The molecule has 1 aromatic rings. The minimum absolute atomic E-state index is 0.132. The Balaban J connectivity index is 2.43. The minimum Gasteiger partial charge on any atom is -0.506 e. The predicted octanol–water partition coefficient (Wildman–Crippen LogP) is 1.99. The molecule has 4 N–H and O–H groups in total. The number of rotatable bonds is 3. The third kappa shape index (κ3) is 2.52. The number of carboxylic acids is 1. The number of carbonyl (C=O) groups is 1. The third-order valence-electron chi connectivity index (χ3n) is 3.43. The van der Waals surface area contributed by atoms with Gasteiger partial charge in [-0.15, -0.1) is 0 Å². The monoisotopic (exact) mass is 313 g/mol. The second kappa shape index (κ2) is 5.28. The maximum atomic E-state index is 10.8. The molecule has 1 unspecified atom stereocenters. The average molecular weight is 314 g/mol. The summed E-state index contributed by atoms with van der Waals surface area (Å²) in [6.45, 7) is 0. The molecule has 0 bridgehead atoms. The van der Waals surface area contributed by atoms with Gasteiger partial charge in [-0.3, -0.25) is 4.79 Å². The van der Waals surface area contributed by atoms with Crippen LogP contribution in [0.4, 0.5) is 0 Å². The molecule has 0 aromatic heterocycles. The van der Waals surface area contributed by atoms with E-state index in [1.807, 2.05) is 6.07 Å². The van der Waals surface area contributed by atoms with Gasteiger partial charge in [-0.1, -0.05) is 0 Å². The molecule has 0 spiro atoms. The van der Waals surface area contributed by atoms with Crippen LogP contribution in [0.2, 0.25) is 0 Å². The molecule has 1 atom stereocenters. The molecule has 0 amide bonds. The quantitative estimate of drug-likeness (QED) is 0.797. The van der Waals surface area contributed by atoms with Gasteiger partial charge in [-0.05, 0) is 58.8 Å². The van der Waals surface area contributed by atoms with E-state index in [9.17, 15) is 9.90 Å². The zero-order valence-corrected chi connectivity index (χ0v) is 11.5. The number of benzene rings is 1. The summed E-state index contributed by atoms with van der Waals surface area (Å²) in [6.07, 6.45) is 4.24. The Morgan fingerprint density at radius 2 is 2.11 bits per heavy atom. The van der Waals surface area contributed by atoms with Crippen LogP contribution < -0.4 is 5.73 Å². The standard InChI is InChI=1S/C13H16BrNO3/c14-10-5-7-3-1-2-4-8(7)9(12(10)16)6-11(15)13(17)18/h5,11,16H,1-4,6,15H2,(H,17,18). The first-order valence-electron chi connectivity index (χ1n) is 6.01. The lowest BCUT2D eigenvalue weighted by Crippen LogP contribution is -2.32. The number of halogens is 1. The average Bonchev–Trinajstić information content (AvgIpc) is 2.34. The van der Waals surface area contributed by atoms with Crippen LogP contribution in [0.25, 0.3) is 0 Å². The van der Waals surface area contributed by atoms with E-state index in [4.69, 9.17) is 10.8 Å². The van der Waals surface area contributed by atoms with Gasteiger partial charge < -0.3 is 15.9 Å². The topological polar surface area (TPSA) is 83.5 Å². The molecule has 0 fully saturated rings. The number of hydrogen-bond donors (Lipinski definition) is 3. The van der Waals surface area contributed by atoms with Gasteiger partial charge in [0.05, 0.1) is 4.47 Å². The largest absolute Gasteiger partial charge is 0.506 e. The van der Waals surface area contributed by atoms with Crippen LogP contribution in [-0.2, 0) is 24.1 Å². The van der Waals surface area contributed by atoms with Gasteiger partial charge in [0.15, 0.2) is 0 Å². The Hall–Kier alpha value is -1.07. The van der Waals surface area contributed by atoms with Crippen LogP contribution in [0, 0.1) is 0 Å². The normalized spacial score (nSPS) is 16.1. The Bertz CT molecular complexity index is 488. The maximum Gasteiger partial charge on any atom is 0.320 e. The van der Waals surface area contributed by atoms with E-state index in [0.29, 0.717) is 10.0 Å². The molecule has 18 heavy (non-hydrogen) atoms. The minimum atomic E-state index is -1.04. The van der Waals surface area contributed by atoms with Crippen LogP contribution in [0.3, 0.4) is 0 Å². The van der Waals surface area contributed by atoms with Crippen LogP contribution in [0.15, 0.2) is 10.5 Å². The molecule has 0 saturated carbocycles. The van der Waals surface area contributed by atoms with Gasteiger partial charge in [0.1, 0.15) is 11.8 Å². The summed E-state index contributed by atoms with van der Waals surface area (Å²) in [6, 6.07) is 0.954. The molecule has 1 aliphatic rings. The highest BCUT2D eigenvalue weighted by Crippen LogP contribution is 2.37. The van der Waals surface area contributed by atoms with E-state index >= 15 is 0 Å². The molecule has 0 radical (unpaired) electrons. The highest BCUT2D eigenvalue weighted by atomic mass is 79.9. The van der Waals surface area contributed by atoms with E-state index in [-0.39, 0.29) is 12.2 Å². The Morgan fingerprint density at radius 3 is 2.78 bits per heavy atom. The van der Waals surface area contributed by atoms with Crippen molar-refractivity contribution in [2.75, 3.05) is 0 Å². The second-order valence-electron chi connectivity index (χ2n) is 4.68. The summed E-state index contributed by atoms with van der Waals surface area (Å²) in [4.78, 5) is 10.8. The molecule has 0 heterocycles. The molecule has 5 heteroatoms. The van der Waals surface area contributed by atoms with Crippen LogP contribution in [0.1, 0.15) is 29.5 Å². The molecule has 98 valence electrons. The van der Waals surface area contributed by atoms with E-state index in [0.717, 1.165) is 31.2 Å². The molecule has 1 aliphatic carbocycles. The highest BCUT2D eigenvalue weighted by Gasteiger charge is 2.22. The van der Waals surface area contributed by atoms with Gasteiger partial charge in [0.2, 0.25) is 0 Å². The van der Waals surface area contributed by atoms with Crippen molar-refractivity contribution < 1.29 is 15.0 Å². The van der Waals surface area contributed by atoms with Crippen LogP contribution in [0.5, 0.6) is 5.75 Å². The molecule has 0 aliphatic heterocycles. The fourth-order valence-corrected chi connectivity index (χ4v) is 2.98. The summed E-state index contributed by atoms with van der Waals surface area (Å²) in [5.41, 5.74) is 8.54. The van der Waals surface area contributed by atoms with Gasteiger partial charge >= 0.3 is 5.97 Å². The predicted molar refractivity (Wildman–Crippen MR) is 71.8 cm³/mol. The van der Waals surface area contributed by atoms with E-state index in [1.54, 1.807) is 0 Å². The Labute approximate surface area is 114 Å². The van der Waals surface area contributed by atoms with Crippen molar-refractivity contribution in [2.45, 2.75) is 38.1 Å². The van der Waals surface area contributed by atoms with E-state index < -0.39 is 12.0 Å². The fraction of sp³-hybridized carbons (Fsp3) is 0.462. The lowest BCUT2D eigenvalue weighted by molar-refractivity contribution is -0.138. The summed E-state index contributed by atoms with van der Waals surface area (Å²) in [5, 5.41) is 19.0. The number of aliphatic carboxylic acids is 1. The number of fused-ring (bicyclic) bond motifs is 1. The van der Waals surface area contributed by atoms with Gasteiger partial charge in [0.25, 0.3) is 0 Å². The summed E-state index contributed by atoms with van der Waals surface area (Å²) in [5.74, 6) is -0.911. The first-order chi connectivity index (χ1) is 8.50. The fourth-order valence-electron chi connectivity index (χ4n) is 2.47. The smallest absolute Gasteiger partial charge is 0.320 e. The van der Waals surface area contributed by atoms with Crippen molar-refractivity contribution in [3.8, 4) is 5.75 Å². The number of hydrogen-bond acceptors (Lipinski definition) is 3. The van der Waals surface area contributed by atoms with E-state index in [2.05, 4.69) is 15.9 Å². The number of phenolic OH excluding ortho intramolecular Hbond substituents is 1. The Kier molecular flexibility index (Phi) is 3.92. The van der Waals surface area contributed by atoms with E-state index in [1.165, 1.54) is 5.56 Å². The van der Waals surface area contributed by atoms with Crippen molar-refractivity contribution in [3.63, 3.8) is 0 Å². The van der Waals surface area contributed by atoms with Gasteiger partial charge in [-0.25, -0.2) is 0 Å². The maximum absolute atomic E-state index is 10.8. The zero-order chi connectivity index (χ0) is 13.3. The molecule has 0 saturated heterocycles.